The van der Waals surface area contributed by atoms with Crippen LogP contribution in [0.2, 0.25) is 0 Å². The molecule has 80 valence electrons. The number of cyclic esters (lactones) is 2. The molecule has 0 aromatic heterocycles. The third-order valence-corrected chi connectivity index (χ3v) is 1.74. The zero-order chi connectivity index (χ0) is 11.0. The topological polar surface area (TPSA) is 52.6 Å². The molecule has 0 spiro atoms. The SMILES string of the molecule is CCC1(C(F)(F)F)OC(=O)CC(=O)O1. The van der Waals surface area contributed by atoms with Crippen molar-refractivity contribution in [2.75, 3.05) is 0 Å². The van der Waals surface area contributed by atoms with Crippen LogP contribution in [0.25, 0.3) is 0 Å². The number of carbonyl (C=O) groups is 2. The summed E-state index contributed by atoms with van der Waals surface area (Å²) >= 11 is 0. The fourth-order valence-corrected chi connectivity index (χ4v) is 1.04. The highest BCUT2D eigenvalue weighted by atomic mass is 19.4. The standard InChI is InChI=1S/C7H7F3O4/c1-2-6(7(8,9)10)13-4(11)3-5(12)14-6/h2-3H2,1H3. The van der Waals surface area contributed by atoms with Crippen LogP contribution >= 0.6 is 0 Å². The second kappa shape index (κ2) is 3.14. The van der Waals surface area contributed by atoms with E-state index in [1.54, 1.807) is 0 Å². The number of hydrogen-bond acceptors (Lipinski definition) is 4. The van der Waals surface area contributed by atoms with Gasteiger partial charge < -0.3 is 9.47 Å². The summed E-state index contributed by atoms with van der Waals surface area (Å²) in [7, 11) is 0. The normalized spacial score (nSPS) is 21.4. The van der Waals surface area contributed by atoms with Gasteiger partial charge in [0.05, 0.1) is 0 Å². The maximum Gasteiger partial charge on any atom is 0.468 e. The van der Waals surface area contributed by atoms with Crippen molar-refractivity contribution in [1.82, 2.24) is 0 Å². The largest absolute Gasteiger partial charge is 0.468 e. The molecule has 0 aromatic rings. The van der Waals surface area contributed by atoms with Gasteiger partial charge in [-0.05, 0) is 0 Å². The predicted octanol–water partition coefficient (Wildman–Crippen LogP) is 1.15. The second-order valence-electron chi connectivity index (χ2n) is 2.73. The molecule has 0 saturated carbocycles. The molecule has 1 heterocycles. The molecule has 1 aliphatic heterocycles. The average Bonchev–Trinajstić information content (AvgIpc) is 2.00. The lowest BCUT2D eigenvalue weighted by Crippen LogP contribution is -2.55. The highest BCUT2D eigenvalue weighted by Crippen LogP contribution is 2.39. The van der Waals surface area contributed by atoms with Crippen molar-refractivity contribution in [1.29, 1.82) is 0 Å². The molecule has 4 nitrogen and oxygen atoms in total. The third-order valence-electron chi connectivity index (χ3n) is 1.74. The third kappa shape index (κ3) is 1.66. The van der Waals surface area contributed by atoms with Gasteiger partial charge in [-0.15, -0.1) is 0 Å². The van der Waals surface area contributed by atoms with E-state index >= 15 is 0 Å². The summed E-state index contributed by atoms with van der Waals surface area (Å²) in [5, 5.41) is 0. The molecule has 1 fully saturated rings. The van der Waals surface area contributed by atoms with Crippen LogP contribution in [0.5, 0.6) is 0 Å². The van der Waals surface area contributed by atoms with Gasteiger partial charge in [-0.25, -0.2) is 0 Å². The number of carbonyl (C=O) groups excluding carboxylic acids is 2. The van der Waals surface area contributed by atoms with Crippen molar-refractivity contribution >= 4 is 11.9 Å². The number of rotatable bonds is 1. The van der Waals surface area contributed by atoms with Gasteiger partial charge in [0, 0.05) is 6.42 Å². The molecule has 0 atom stereocenters. The van der Waals surface area contributed by atoms with Crippen LogP contribution in [0.1, 0.15) is 19.8 Å². The summed E-state index contributed by atoms with van der Waals surface area (Å²) in [6, 6.07) is 0. The average molecular weight is 212 g/mol. The fourth-order valence-electron chi connectivity index (χ4n) is 1.04. The van der Waals surface area contributed by atoms with Gasteiger partial charge in [-0.2, -0.15) is 13.2 Å². The second-order valence-corrected chi connectivity index (χ2v) is 2.73. The van der Waals surface area contributed by atoms with Crippen molar-refractivity contribution in [3.05, 3.63) is 0 Å². The Balaban J connectivity index is 2.99. The summed E-state index contributed by atoms with van der Waals surface area (Å²) in [5.41, 5.74) is 0. The summed E-state index contributed by atoms with van der Waals surface area (Å²) in [5.74, 6) is -5.54. The van der Waals surface area contributed by atoms with Crippen LogP contribution in [0, 0.1) is 0 Å². The zero-order valence-electron chi connectivity index (χ0n) is 7.18. The first-order valence-corrected chi connectivity index (χ1v) is 3.81. The predicted molar refractivity (Wildman–Crippen MR) is 35.9 cm³/mol. The van der Waals surface area contributed by atoms with E-state index < -0.39 is 36.7 Å². The van der Waals surface area contributed by atoms with Crippen molar-refractivity contribution in [3.63, 3.8) is 0 Å². The first-order valence-electron chi connectivity index (χ1n) is 3.81. The molecule has 0 amide bonds. The molecule has 1 saturated heterocycles. The van der Waals surface area contributed by atoms with Gasteiger partial charge in [0.25, 0.3) is 0 Å². The van der Waals surface area contributed by atoms with Crippen LogP contribution in [-0.2, 0) is 19.1 Å². The van der Waals surface area contributed by atoms with E-state index in [2.05, 4.69) is 9.47 Å². The number of esters is 2. The quantitative estimate of drug-likeness (QED) is 0.483. The van der Waals surface area contributed by atoms with Crippen molar-refractivity contribution in [2.24, 2.45) is 0 Å². The summed E-state index contributed by atoms with van der Waals surface area (Å²) < 4.78 is 45.3. The molecule has 14 heavy (non-hydrogen) atoms. The van der Waals surface area contributed by atoms with E-state index in [1.165, 1.54) is 0 Å². The molecular formula is C7H7F3O4. The Morgan fingerprint density at radius 1 is 1.29 bits per heavy atom. The highest BCUT2D eigenvalue weighted by Gasteiger charge is 2.62. The zero-order valence-corrected chi connectivity index (χ0v) is 7.18. The molecule has 1 rings (SSSR count). The van der Waals surface area contributed by atoms with Crippen molar-refractivity contribution < 1.29 is 32.2 Å². The van der Waals surface area contributed by atoms with Crippen LogP contribution in [0.15, 0.2) is 0 Å². The molecule has 0 N–H and O–H groups in total. The minimum absolute atomic E-state index is 0.659. The Morgan fingerprint density at radius 3 is 2.00 bits per heavy atom. The Morgan fingerprint density at radius 2 is 1.71 bits per heavy atom. The van der Waals surface area contributed by atoms with E-state index in [0.717, 1.165) is 6.92 Å². The van der Waals surface area contributed by atoms with Crippen LogP contribution in [0.4, 0.5) is 13.2 Å². The van der Waals surface area contributed by atoms with Gasteiger partial charge >= 0.3 is 23.9 Å². The smallest absolute Gasteiger partial charge is 0.413 e. The van der Waals surface area contributed by atoms with Gasteiger partial charge in [0.15, 0.2) is 0 Å². The molecule has 0 radical (unpaired) electrons. The molecule has 0 unspecified atom stereocenters. The Hall–Kier alpha value is -1.27. The molecule has 1 aliphatic rings. The monoisotopic (exact) mass is 212 g/mol. The molecule has 0 bridgehead atoms. The first-order chi connectivity index (χ1) is 6.31. The van der Waals surface area contributed by atoms with E-state index in [1.807, 2.05) is 0 Å². The molecule has 0 aliphatic carbocycles. The lowest BCUT2D eigenvalue weighted by molar-refractivity contribution is -0.362. The van der Waals surface area contributed by atoms with Crippen LogP contribution in [-0.4, -0.2) is 23.9 Å². The lowest BCUT2D eigenvalue weighted by atomic mass is 10.1. The van der Waals surface area contributed by atoms with E-state index in [0.29, 0.717) is 0 Å². The Bertz CT molecular complexity index is 255. The van der Waals surface area contributed by atoms with Crippen LogP contribution < -0.4 is 0 Å². The van der Waals surface area contributed by atoms with Crippen molar-refractivity contribution in [3.8, 4) is 0 Å². The lowest BCUT2D eigenvalue weighted by Gasteiger charge is -2.35. The molecular weight excluding hydrogens is 205 g/mol. The van der Waals surface area contributed by atoms with E-state index in [-0.39, 0.29) is 0 Å². The number of ether oxygens (including phenoxy) is 2. The maximum absolute atomic E-state index is 12.4. The summed E-state index contributed by atoms with van der Waals surface area (Å²) in [6.45, 7) is 1.11. The summed E-state index contributed by atoms with van der Waals surface area (Å²) in [4.78, 5) is 21.3. The Labute approximate surface area is 77.0 Å². The van der Waals surface area contributed by atoms with Gasteiger partial charge in [0.2, 0.25) is 0 Å². The molecule has 7 heteroatoms. The minimum Gasteiger partial charge on any atom is -0.413 e. The number of halogens is 3. The Kier molecular flexibility index (Phi) is 2.43. The minimum atomic E-state index is -4.91. The fraction of sp³-hybridized carbons (Fsp3) is 0.714. The van der Waals surface area contributed by atoms with E-state index in [4.69, 9.17) is 0 Å². The highest BCUT2D eigenvalue weighted by molar-refractivity contribution is 5.93. The van der Waals surface area contributed by atoms with E-state index in [9.17, 15) is 22.8 Å². The summed E-state index contributed by atoms with van der Waals surface area (Å²) in [6.07, 6.45) is -6.35. The molecule has 0 aromatic carbocycles. The van der Waals surface area contributed by atoms with Crippen molar-refractivity contribution in [2.45, 2.75) is 31.7 Å². The number of alkyl halides is 3. The van der Waals surface area contributed by atoms with Gasteiger partial charge in [-0.1, -0.05) is 6.92 Å². The van der Waals surface area contributed by atoms with Gasteiger partial charge in [0.1, 0.15) is 6.42 Å². The van der Waals surface area contributed by atoms with Crippen LogP contribution in [0.3, 0.4) is 0 Å². The number of hydrogen-bond donors (Lipinski definition) is 0. The first kappa shape index (κ1) is 10.8. The van der Waals surface area contributed by atoms with Gasteiger partial charge in [-0.3, -0.25) is 9.59 Å². The maximum atomic E-state index is 12.4.